The molecule has 39 heavy (non-hydrogen) atoms. The molecule has 3 fully saturated rings. The maximum atomic E-state index is 12.2. The summed E-state index contributed by atoms with van der Waals surface area (Å²) in [7, 11) is 3.27. The van der Waals surface area contributed by atoms with Crippen molar-refractivity contribution in [2.45, 2.75) is 82.2 Å². The van der Waals surface area contributed by atoms with Gasteiger partial charge >= 0.3 is 6.03 Å². The molecule has 3 heterocycles. The number of nitrogens with one attached hydrogen (secondary N) is 3. The highest BCUT2D eigenvalue weighted by molar-refractivity contribution is 7.21. The second-order valence-corrected chi connectivity index (χ2v) is 12.4. The SMILES string of the molecule is Cc1nc(N[C@H](C)C2CC2)nc(N[C@@H]2C[C@H](NC(=O)N(C)C)[C@@H](O)[C@H]2O)c1-c1nc2c(C3CC3)nccc2s1. The lowest BCUT2D eigenvalue weighted by atomic mass is 10.1. The number of urea groups is 1. The predicted molar refractivity (Wildman–Crippen MR) is 151 cm³/mol. The Kier molecular flexibility index (Phi) is 6.80. The van der Waals surface area contributed by atoms with Crippen LogP contribution in [0.2, 0.25) is 0 Å². The Labute approximate surface area is 231 Å². The molecule has 6 rings (SSSR count). The number of aromatic nitrogens is 4. The molecule has 5 atom stereocenters. The first-order chi connectivity index (χ1) is 18.7. The number of aliphatic hydroxyl groups is 2. The highest BCUT2D eigenvalue weighted by Gasteiger charge is 2.43. The highest BCUT2D eigenvalue weighted by atomic mass is 32.1. The third kappa shape index (κ3) is 5.24. The first-order valence-corrected chi connectivity index (χ1v) is 14.5. The van der Waals surface area contributed by atoms with E-state index in [0.29, 0.717) is 30.0 Å². The van der Waals surface area contributed by atoms with Gasteiger partial charge in [0.1, 0.15) is 28.6 Å². The van der Waals surface area contributed by atoms with E-state index in [1.54, 1.807) is 25.4 Å². The molecule has 3 aliphatic carbocycles. The fourth-order valence-electron chi connectivity index (χ4n) is 5.33. The van der Waals surface area contributed by atoms with Gasteiger partial charge in [-0.05, 0) is 57.9 Å². The van der Waals surface area contributed by atoms with Crippen molar-refractivity contribution in [3.05, 3.63) is 23.7 Å². The molecule has 0 spiro atoms. The fourth-order valence-corrected chi connectivity index (χ4v) is 6.40. The first kappa shape index (κ1) is 26.1. The maximum Gasteiger partial charge on any atom is 0.317 e. The van der Waals surface area contributed by atoms with Crippen molar-refractivity contribution in [2.75, 3.05) is 24.7 Å². The van der Waals surface area contributed by atoms with E-state index in [9.17, 15) is 15.0 Å². The summed E-state index contributed by atoms with van der Waals surface area (Å²) in [5, 5.41) is 32.1. The Bertz CT molecular complexity index is 1390. The van der Waals surface area contributed by atoms with Crippen molar-refractivity contribution in [3.8, 4) is 10.6 Å². The lowest BCUT2D eigenvalue weighted by molar-refractivity contribution is 0.0276. The second-order valence-electron chi connectivity index (χ2n) is 11.4. The number of aliphatic hydroxyl groups excluding tert-OH is 2. The van der Waals surface area contributed by atoms with E-state index in [2.05, 4.69) is 27.9 Å². The second kappa shape index (κ2) is 10.1. The Morgan fingerprint density at radius 1 is 1.10 bits per heavy atom. The smallest absolute Gasteiger partial charge is 0.317 e. The van der Waals surface area contributed by atoms with E-state index >= 15 is 0 Å². The summed E-state index contributed by atoms with van der Waals surface area (Å²) < 4.78 is 1.07. The number of anilines is 2. The van der Waals surface area contributed by atoms with Crippen molar-refractivity contribution in [3.63, 3.8) is 0 Å². The number of hydrogen-bond acceptors (Lipinski definition) is 10. The van der Waals surface area contributed by atoms with Gasteiger partial charge < -0.3 is 31.1 Å². The van der Waals surface area contributed by atoms with Gasteiger partial charge in [0.25, 0.3) is 0 Å². The molecule has 3 aromatic rings. The van der Waals surface area contributed by atoms with Gasteiger partial charge in [-0.1, -0.05) is 0 Å². The molecule has 5 N–H and O–H groups in total. The summed E-state index contributed by atoms with van der Waals surface area (Å²) in [5.74, 6) is 2.16. The molecule has 11 nitrogen and oxygen atoms in total. The van der Waals surface area contributed by atoms with Crippen LogP contribution in [0.5, 0.6) is 0 Å². The molecular formula is C27H36N8O3S. The monoisotopic (exact) mass is 552 g/mol. The highest BCUT2D eigenvalue weighted by Crippen LogP contribution is 2.44. The molecule has 3 saturated carbocycles. The van der Waals surface area contributed by atoms with Crippen LogP contribution in [0, 0.1) is 12.8 Å². The summed E-state index contributed by atoms with van der Waals surface area (Å²) in [6.07, 6.45) is 4.66. The topological polar surface area (TPSA) is 148 Å². The first-order valence-electron chi connectivity index (χ1n) is 13.7. The zero-order valence-corrected chi connectivity index (χ0v) is 23.5. The molecule has 2 amide bonds. The molecule has 0 bridgehead atoms. The fraction of sp³-hybridized carbons (Fsp3) is 0.593. The van der Waals surface area contributed by atoms with Crippen LogP contribution in [0.4, 0.5) is 16.6 Å². The van der Waals surface area contributed by atoms with Gasteiger partial charge in [-0.2, -0.15) is 4.98 Å². The van der Waals surface area contributed by atoms with Crippen LogP contribution in [-0.2, 0) is 0 Å². The number of amides is 2. The molecule has 3 aliphatic rings. The van der Waals surface area contributed by atoms with Crippen LogP contribution in [-0.4, -0.2) is 85.5 Å². The number of hydrogen-bond donors (Lipinski definition) is 5. The quantitative estimate of drug-likeness (QED) is 0.284. The number of fused-ring (bicyclic) bond motifs is 1. The minimum atomic E-state index is -1.11. The Hall–Kier alpha value is -3.09. The molecule has 208 valence electrons. The van der Waals surface area contributed by atoms with E-state index in [0.717, 1.165) is 45.0 Å². The van der Waals surface area contributed by atoms with Gasteiger partial charge in [-0.15, -0.1) is 11.3 Å². The van der Waals surface area contributed by atoms with E-state index in [4.69, 9.17) is 15.0 Å². The van der Waals surface area contributed by atoms with Gasteiger partial charge in [-0.3, -0.25) is 4.98 Å². The van der Waals surface area contributed by atoms with Crippen LogP contribution in [0.15, 0.2) is 12.3 Å². The zero-order valence-electron chi connectivity index (χ0n) is 22.7. The predicted octanol–water partition coefficient (Wildman–Crippen LogP) is 3.09. The lowest BCUT2D eigenvalue weighted by Crippen LogP contribution is -2.46. The average molecular weight is 553 g/mol. The van der Waals surface area contributed by atoms with Crippen LogP contribution >= 0.6 is 11.3 Å². The number of pyridine rings is 1. The maximum absolute atomic E-state index is 12.2. The molecule has 12 heteroatoms. The summed E-state index contributed by atoms with van der Waals surface area (Å²) in [5.41, 5.74) is 3.51. The Morgan fingerprint density at radius 2 is 1.85 bits per heavy atom. The minimum Gasteiger partial charge on any atom is -0.388 e. The van der Waals surface area contributed by atoms with Crippen LogP contribution in [0.25, 0.3) is 20.8 Å². The standard InChI is InChI=1S/C27H36N8O3S/c1-12(14-5-6-14)29-26-30-13(2)19(25-33-21-18(39-25)9-10-28-20(21)15-7-8-15)24(34-26)31-16-11-17(23(37)22(16)36)32-27(38)35(3)4/h9-10,12,14-17,22-23,36-37H,5-8,11H2,1-4H3,(H,32,38)(H2,29,30,31,34)/t12-,16-,17+,22+,23-/m1/s1. The zero-order chi connectivity index (χ0) is 27.4. The summed E-state index contributed by atoms with van der Waals surface area (Å²) in [6, 6.07) is 0.796. The van der Waals surface area contributed by atoms with Crippen molar-refractivity contribution < 1.29 is 15.0 Å². The lowest BCUT2D eigenvalue weighted by Gasteiger charge is -2.22. The number of aryl methyl sites for hydroxylation is 1. The number of nitrogens with zero attached hydrogens (tertiary/aromatic N) is 5. The van der Waals surface area contributed by atoms with Gasteiger partial charge in [-0.25, -0.2) is 14.8 Å². The van der Waals surface area contributed by atoms with Crippen molar-refractivity contribution >= 4 is 39.4 Å². The van der Waals surface area contributed by atoms with Gasteiger partial charge in [0.15, 0.2) is 0 Å². The van der Waals surface area contributed by atoms with Gasteiger partial charge in [0, 0.05) is 32.3 Å². The molecule has 0 saturated heterocycles. The Balaban J connectivity index is 1.35. The summed E-state index contributed by atoms with van der Waals surface area (Å²) >= 11 is 1.58. The van der Waals surface area contributed by atoms with E-state index in [-0.39, 0.29) is 12.1 Å². The normalized spacial score (nSPS) is 25.5. The van der Waals surface area contributed by atoms with Crippen LogP contribution < -0.4 is 16.0 Å². The molecule has 3 aromatic heterocycles. The van der Waals surface area contributed by atoms with Crippen molar-refractivity contribution in [2.24, 2.45) is 5.92 Å². The molecular weight excluding hydrogens is 516 g/mol. The number of carbonyl (C=O) groups excluding carboxylic acids is 1. The minimum absolute atomic E-state index is 0.252. The number of thiazole rings is 1. The van der Waals surface area contributed by atoms with Crippen LogP contribution in [0.1, 0.15) is 56.3 Å². The molecule has 0 aliphatic heterocycles. The Morgan fingerprint density at radius 3 is 2.54 bits per heavy atom. The molecule has 0 radical (unpaired) electrons. The van der Waals surface area contributed by atoms with E-state index < -0.39 is 24.3 Å². The van der Waals surface area contributed by atoms with E-state index in [1.165, 1.54) is 17.7 Å². The molecule has 0 unspecified atom stereocenters. The third-order valence-electron chi connectivity index (χ3n) is 8.01. The van der Waals surface area contributed by atoms with E-state index in [1.807, 2.05) is 19.2 Å². The summed E-state index contributed by atoms with van der Waals surface area (Å²) in [4.78, 5) is 32.9. The summed E-state index contributed by atoms with van der Waals surface area (Å²) in [6.45, 7) is 4.09. The number of rotatable bonds is 8. The third-order valence-corrected chi connectivity index (χ3v) is 9.05. The van der Waals surface area contributed by atoms with Gasteiger partial charge in [0.05, 0.1) is 33.7 Å². The molecule has 0 aromatic carbocycles. The van der Waals surface area contributed by atoms with Crippen molar-refractivity contribution in [1.82, 2.24) is 30.2 Å². The van der Waals surface area contributed by atoms with Crippen LogP contribution in [0.3, 0.4) is 0 Å². The average Bonchev–Trinajstić information content (AvgIpc) is 3.82. The number of carbonyl (C=O) groups is 1. The van der Waals surface area contributed by atoms with Gasteiger partial charge in [0.2, 0.25) is 5.95 Å². The largest absolute Gasteiger partial charge is 0.388 e. The van der Waals surface area contributed by atoms with Crippen molar-refractivity contribution in [1.29, 1.82) is 0 Å².